The lowest BCUT2D eigenvalue weighted by atomic mass is 9.71. The lowest BCUT2D eigenvalue weighted by Crippen LogP contribution is -2.54. The first-order chi connectivity index (χ1) is 17.8. The van der Waals surface area contributed by atoms with E-state index in [0.29, 0.717) is 11.8 Å². The summed E-state index contributed by atoms with van der Waals surface area (Å²) in [6.45, 7) is 11.0. The molecule has 2 rings (SSSR count). The molecule has 0 bridgehead atoms. The van der Waals surface area contributed by atoms with Gasteiger partial charge in [0.05, 0.1) is 0 Å². The first-order valence-electron chi connectivity index (χ1n) is 15.8. The molecule has 0 spiro atoms. The summed E-state index contributed by atoms with van der Waals surface area (Å²) in [7, 11) is 4.47. The molecule has 2 aliphatic rings. The van der Waals surface area contributed by atoms with Crippen molar-refractivity contribution in [1.82, 2.24) is 20.4 Å². The van der Waals surface area contributed by atoms with Crippen LogP contribution in [0.2, 0.25) is 0 Å². The summed E-state index contributed by atoms with van der Waals surface area (Å²) in [6, 6.07) is -0.735. The Kier molecular flexibility index (Phi) is 15.1. The topological polar surface area (TPSA) is 64.7 Å². The highest BCUT2D eigenvalue weighted by atomic mass is 16.2. The molecule has 0 radical (unpaired) electrons. The zero-order chi connectivity index (χ0) is 27.1. The van der Waals surface area contributed by atoms with Gasteiger partial charge in [-0.05, 0) is 64.7 Å². The van der Waals surface area contributed by atoms with Gasteiger partial charge in [0.1, 0.15) is 6.04 Å². The Bertz CT molecular complexity index is 657. The summed E-state index contributed by atoms with van der Waals surface area (Å²) in [6.07, 6.45) is 20.7. The molecule has 3 amide bonds. The number of hydrogen-bond donors (Lipinski definition) is 2. The van der Waals surface area contributed by atoms with Gasteiger partial charge in [-0.3, -0.25) is 10.1 Å². The van der Waals surface area contributed by atoms with Crippen molar-refractivity contribution in [3.8, 4) is 0 Å². The molecular formula is C31H60N4O2. The monoisotopic (exact) mass is 520 g/mol. The van der Waals surface area contributed by atoms with E-state index >= 15 is 0 Å². The number of rotatable bonds is 21. The Labute approximate surface area is 229 Å². The molecule has 37 heavy (non-hydrogen) atoms. The van der Waals surface area contributed by atoms with Crippen LogP contribution in [0.4, 0.5) is 4.79 Å². The summed E-state index contributed by atoms with van der Waals surface area (Å²) in [4.78, 5) is 29.9. The molecule has 6 nitrogen and oxygen atoms in total. The molecule has 0 aromatic carbocycles. The molecule has 2 N–H and O–H groups in total. The predicted molar refractivity (Wildman–Crippen MR) is 156 cm³/mol. The summed E-state index contributed by atoms with van der Waals surface area (Å²) in [5.41, 5.74) is -0.198. The Morgan fingerprint density at radius 1 is 0.784 bits per heavy atom. The van der Waals surface area contributed by atoms with E-state index < -0.39 is 6.04 Å². The maximum atomic E-state index is 12.9. The maximum Gasteiger partial charge on any atom is 0.322 e. The molecule has 6 heteroatoms. The molecule has 1 saturated heterocycles. The highest BCUT2D eigenvalue weighted by Gasteiger charge is 2.55. The fraction of sp³-hybridized carbons (Fsp3) is 0.935. The van der Waals surface area contributed by atoms with Crippen molar-refractivity contribution in [3.05, 3.63) is 0 Å². The van der Waals surface area contributed by atoms with Gasteiger partial charge < -0.3 is 15.1 Å². The van der Waals surface area contributed by atoms with Crippen LogP contribution in [-0.2, 0) is 4.79 Å². The smallest absolute Gasteiger partial charge is 0.322 e. The molecule has 1 aliphatic carbocycles. The van der Waals surface area contributed by atoms with Crippen molar-refractivity contribution in [2.45, 2.75) is 130 Å². The van der Waals surface area contributed by atoms with E-state index in [1.54, 1.807) is 0 Å². The lowest BCUT2D eigenvalue weighted by molar-refractivity contribution is -0.124. The van der Waals surface area contributed by atoms with Crippen LogP contribution in [0.15, 0.2) is 0 Å². The molecule has 1 heterocycles. The number of amides is 3. The zero-order valence-corrected chi connectivity index (χ0v) is 25.1. The van der Waals surface area contributed by atoms with Gasteiger partial charge in [0.2, 0.25) is 0 Å². The maximum absolute atomic E-state index is 12.9. The van der Waals surface area contributed by atoms with Gasteiger partial charge in [0, 0.05) is 18.5 Å². The van der Waals surface area contributed by atoms with Gasteiger partial charge in [0.15, 0.2) is 0 Å². The van der Waals surface area contributed by atoms with Crippen molar-refractivity contribution in [1.29, 1.82) is 0 Å². The van der Waals surface area contributed by atoms with E-state index in [4.69, 9.17) is 0 Å². The van der Waals surface area contributed by atoms with Crippen molar-refractivity contribution in [3.63, 3.8) is 0 Å². The largest absolute Gasteiger partial charge is 0.325 e. The fourth-order valence-corrected chi connectivity index (χ4v) is 7.02. The van der Waals surface area contributed by atoms with Crippen LogP contribution in [0.3, 0.4) is 0 Å². The van der Waals surface area contributed by atoms with Crippen molar-refractivity contribution < 1.29 is 9.59 Å². The van der Waals surface area contributed by atoms with Crippen molar-refractivity contribution in [2.75, 3.05) is 40.3 Å². The van der Waals surface area contributed by atoms with E-state index in [1.807, 2.05) is 0 Å². The fourth-order valence-electron chi connectivity index (χ4n) is 7.02. The number of urea groups is 1. The van der Waals surface area contributed by atoms with Gasteiger partial charge in [-0.1, -0.05) is 97.8 Å². The molecule has 4 atom stereocenters. The lowest BCUT2D eigenvalue weighted by Gasteiger charge is -2.41. The zero-order valence-electron chi connectivity index (χ0n) is 25.1. The van der Waals surface area contributed by atoms with Crippen LogP contribution >= 0.6 is 0 Å². The number of carbonyl (C=O) groups is 2. The number of carbonyl (C=O) groups excluding carboxylic acids is 2. The second-order valence-corrected chi connectivity index (χ2v) is 12.6. The van der Waals surface area contributed by atoms with Crippen LogP contribution in [0.25, 0.3) is 0 Å². The quantitative estimate of drug-likeness (QED) is 0.132. The number of unbranched alkanes of at least 4 members (excludes halogenated alkanes) is 12. The first-order valence-corrected chi connectivity index (χ1v) is 15.8. The molecule has 216 valence electrons. The van der Waals surface area contributed by atoms with Crippen LogP contribution in [0, 0.1) is 17.3 Å². The molecule has 1 saturated carbocycles. The van der Waals surface area contributed by atoms with Gasteiger partial charge >= 0.3 is 6.03 Å². The summed E-state index contributed by atoms with van der Waals surface area (Å²) >= 11 is 0. The number of nitrogens with one attached hydrogen (secondary N) is 2. The van der Waals surface area contributed by atoms with E-state index in [-0.39, 0.29) is 17.4 Å². The van der Waals surface area contributed by atoms with Crippen LogP contribution in [0.1, 0.15) is 124 Å². The number of hydrogen-bond acceptors (Lipinski definition) is 4. The third-order valence-corrected chi connectivity index (χ3v) is 9.11. The SMILES string of the molecule is CCCCCCCCCN(C)CC1CC(C)C(CN(C)CCCCCCCCC)(C2NC(=O)NC2=O)C1. The third-order valence-electron chi connectivity index (χ3n) is 9.11. The Balaban J connectivity index is 1.87. The summed E-state index contributed by atoms with van der Waals surface area (Å²) in [5, 5.41) is 5.54. The van der Waals surface area contributed by atoms with E-state index in [9.17, 15) is 9.59 Å². The normalized spacial score (nSPS) is 25.9. The van der Waals surface area contributed by atoms with Crippen molar-refractivity contribution in [2.24, 2.45) is 17.3 Å². The first kappa shape index (κ1) is 32.1. The molecule has 2 fully saturated rings. The standard InChI is InChI=1S/C31H60N4O2/c1-6-8-10-12-14-16-18-20-34(4)24-27-22-26(3)31(23-27,28-29(36)33-30(37)32-28)25-35(5)21-19-17-15-13-11-9-7-2/h26-28H,6-25H2,1-5H3,(H2,32,33,36,37). The minimum Gasteiger partial charge on any atom is -0.325 e. The number of imide groups is 1. The predicted octanol–water partition coefficient (Wildman–Crippen LogP) is 6.59. The van der Waals surface area contributed by atoms with E-state index in [0.717, 1.165) is 39.0 Å². The molecular weight excluding hydrogens is 460 g/mol. The van der Waals surface area contributed by atoms with E-state index in [1.165, 1.54) is 89.9 Å². The summed E-state index contributed by atoms with van der Waals surface area (Å²) < 4.78 is 0. The molecule has 0 aromatic rings. The Morgan fingerprint density at radius 2 is 1.30 bits per heavy atom. The van der Waals surface area contributed by atoms with Crippen molar-refractivity contribution >= 4 is 11.9 Å². The molecule has 1 aliphatic heterocycles. The van der Waals surface area contributed by atoms with Gasteiger partial charge in [0.25, 0.3) is 5.91 Å². The summed E-state index contributed by atoms with van der Waals surface area (Å²) in [5.74, 6) is 0.843. The third kappa shape index (κ3) is 10.9. The van der Waals surface area contributed by atoms with Gasteiger partial charge in [-0.25, -0.2) is 4.79 Å². The number of nitrogens with zero attached hydrogens (tertiary/aromatic N) is 2. The average Bonchev–Trinajstić information content (AvgIpc) is 3.35. The van der Waals surface area contributed by atoms with Crippen LogP contribution in [0.5, 0.6) is 0 Å². The van der Waals surface area contributed by atoms with Gasteiger partial charge in [-0.2, -0.15) is 0 Å². The minimum atomic E-state index is -0.412. The average molecular weight is 521 g/mol. The molecule has 0 aromatic heterocycles. The van der Waals surface area contributed by atoms with Crippen LogP contribution in [-0.4, -0.2) is 68.1 Å². The Hall–Kier alpha value is -1.14. The van der Waals surface area contributed by atoms with Crippen LogP contribution < -0.4 is 10.6 Å². The highest BCUT2D eigenvalue weighted by Crippen LogP contribution is 2.50. The highest BCUT2D eigenvalue weighted by molar-refractivity contribution is 6.04. The molecule has 4 unspecified atom stereocenters. The second kappa shape index (κ2) is 17.4. The second-order valence-electron chi connectivity index (χ2n) is 12.6. The minimum absolute atomic E-state index is 0.127. The van der Waals surface area contributed by atoms with Gasteiger partial charge in [-0.15, -0.1) is 0 Å². The Morgan fingerprint density at radius 3 is 1.81 bits per heavy atom. The van der Waals surface area contributed by atoms with E-state index in [2.05, 4.69) is 55.3 Å².